The predicted octanol–water partition coefficient (Wildman–Crippen LogP) is 5.48. The van der Waals surface area contributed by atoms with Crippen molar-refractivity contribution in [1.82, 2.24) is 9.88 Å². The van der Waals surface area contributed by atoms with Crippen LogP contribution in [0.2, 0.25) is 0 Å². The molecule has 0 unspecified atom stereocenters. The molecule has 0 atom stereocenters. The Morgan fingerprint density at radius 2 is 1.68 bits per heavy atom. The maximum atomic E-state index is 13.5. The third kappa shape index (κ3) is 6.61. The molecule has 0 saturated heterocycles. The molecule has 8 heteroatoms. The Morgan fingerprint density at radius 3 is 2.32 bits per heavy atom. The molecule has 7 nitrogen and oxygen atoms in total. The Morgan fingerprint density at radius 1 is 0.971 bits per heavy atom. The van der Waals surface area contributed by atoms with Crippen LogP contribution in [0.25, 0.3) is 10.2 Å². The first-order valence-corrected chi connectivity index (χ1v) is 12.5. The molecular formula is C26H35N3O4S. The first-order chi connectivity index (χ1) is 16.5. The highest BCUT2D eigenvalue weighted by molar-refractivity contribution is 7.22. The number of carbonyl (C=O) groups is 1. The van der Waals surface area contributed by atoms with Crippen LogP contribution in [0.1, 0.15) is 43.0 Å². The van der Waals surface area contributed by atoms with Crippen molar-refractivity contribution in [3.63, 3.8) is 0 Å². The van der Waals surface area contributed by atoms with Crippen LogP contribution in [-0.4, -0.2) is 63.8 Å². The van der Waals surface area contributed by atoms with E-state index in [9.17, 15) is 4.79 Å². The zero-order chi connectivity index (χ0) is 24.5. The van der Waals surface area contributed by atoms with E-state index < -0.39 is 0 Å². The smallest absolute Gasteiger partial charge is 0.260 e. The van der Waals surface area contributed by atoms with E-state index in [2.05, 4.69) is 11.8 Å². The molecule has 0 aliphatic carbocycles. The molecule has 0 aliphatic heterocycles. The summed E-state index contributed by atoms with van der Waals surface area (Å²) in [4.78, 5) is 22.2. The minimum Gasteiger partial charge on any atom is -0.494 e. The summed E-state index contributed by atoms with van der Waals surface area (Å²) in [6, 6.07) is 11.1. The van der Waals surface area contributed by atoms with Gasteiger partial charge in [-0.05, 0) is 57.7 Å². The van der Waals surface area contributed by atoms with Crippen LogP contribution in [0.5, 0.6) is 17.2 Å². The lowest BCUT2D eigenvalue weighted by Gasteiger charge is -2.21. The summed E-state index contributed by atoms with van der Waals surface area (Å²) in [5.41, 5.74) is 1.39. The van der Waals surface area contributed by atoms with Crippen molar-refractivity contribution < 1.29 is 19.0 Å². The highest BCUT2D eigenvalue weighted by Gasteiger charge is 2.22. The zero-order valence-corrected chi connectivity index (χ0v) is 21.6. The summed E-state index contributed by atoms with van der Waals surface area (Å²) < 4.78 is 17.6. The van der Waals surface area contributed by atoms with Crippen molar-refractivity contribution in [3.05, 3.63) is 42.0 Å². The first-order valence-electron chi connectivity index (χ1n) is 11.7. The van der Waals surface area contributed by atoms with E-state index >= 15 is 0 Å². The fourth-order valence-corrected chi connectivity index (χ4v) is 4.58. The van der Waals surface area contributed by atoms with E-state index in [-0.39, 0.29) is 5.91 Å². The number of ether oxygens (including phenoxy) is 3. The van der Waals surface area contributed by atoms with Gasteiger partial charge >= 0.3 is 0 Å². The molecule has 0 aliphatic rings. The van der Waals surface area contributed by atoms with Crippen LogP contribution in [0.3, 0.4) is 0 Å². The number of rotatable bonds is 13. The fourth-order valence-electron chi connectivity index (χ4n) is 3.58. The van der Waals surface area contributed by atoms with Crippen molar-refractivity contribution >= 4 is 32.6 Å². The van der Waals surface area contributed by atoms with Crippen LogP contribution >= 0.6 is 11.3 Å². The van der Waals surface area contributed by atoms with Gasteiger partial charge in [-0.25, -0.2) is 4.98 Å². The van der Waals surface area contributed by atoms with Gasteiger partial charge in [-0.3, -0.25) is 9.69 Å². The molecule has 3 aromatic rings. The van der Waals surface area contributed by atoms with Crippen molar-refractivity contribution in [2.24, 2.45) is 0 Å². The Bertz CT molecular complexity index is 1020. The van der Waals surface area contributed by atoms with Gasteiger partial charge in [0.1, 0.15) is 5.75 Å². The molecule has 0 saturated carbocycles. The van der Waals surface area contributed by atoms with Gasteiger partial charge in [-0.1, -0.05) is 31.1 Å². The van der Waals surface area contributed by atoms with Crippen molar-refractivity contribution in [2.75, 3.05) is 52.9 Å². The van der Waals surface area contributed by atoms with Gasteiger partial charge in [0, 0.05) is 24.2 Å². The molecule has 0 bridgehead atoms. The van der Waals surface area contributed by atoms with Gasteiger partial charge < -0.3 is 19.1 Å². The molecule has 0 spiro atoms. The summed E-state index contributed by atoms with van der Waals surface area (Å²) in [6.45, 7) is 4.31. The summed E-state index contributed by atoms with van der Waals surface area (Å²) in [6.07, 6.45) is 4.17. The largest absolute Gasteiger partial charge is 0.494 e. The molecule has 184 valence electrons. The number of thiazole rings is 1. The normalized spacial score (nSPS) is 11.1. The van der Waals surface area contributed by atoms with Crippen LogP contribution in [0.15, 0.2) is 36.4 Å². The number of hydrogen-bond acceptors (Lipinski definition) is 7. The molecular weight excluding hydrogens is 450 g/mol. The average Bonchev–Trinajstić information content (AvgIpc) is 3.26. The predicted molar refractivity (Wildman–Crippen MR) is 139 cm³/mol. The highest BCUT2D eigenvalue weighted by Crippen LogP contribution is 2.37. The Hall–Kier alpha value is -2.84. The third-order valence-corrected chi connectivity index (χ3v) is 6.50. The maximum absolute atomic E-state index is 13.5. The number of fused-ring (bicyclic) bond motifs is 1. The second-order valence-corrected chi connectivity index (χ2v) is 9.37. The molecule has 0 N–H and O–H groups in total. The van der Waals surface area contributed by atoms with E-state index in [4.69, 9.17) is 19.2 Å². The average molecular weight is 486 g/mol. The summed E-state index contributed by atoms with van der Waals surface area (Å²) in [5.74, 6) is 1.97. The van der Waals surface area contributed by atoms with Gasteiger partial charge in [0.25, 0.3) is 5.91 Å². The van der Waals surface area contributed by atoms with Gasteiger partial charge in [-0.2, -0.15) is 0 Å². The minimum absolute atomic E-state index is 0.0747. The molecule has 2 aromatic carbocycles. The van der Waals surface area contributed by atoms with Crippen LogP contribution in [-0.2, 0) is 0 Å². The number of hydrogen-bond donors (Lipinski definition) is 0. The van der Waals surface area contributed by atoms with Crippen LogP contribution in [0, 0.1) is 0 Å². The van der Waals surface area contributed by atoms with Crippen molar-refractivity contribution in [2.45, 2.75) is 32.6 Å². The third-order valence-electron chi connectivity index (χ3n) is 5.46. The number of benzene rings is 2. The number of unbranched alkanes of at least 4 members (excludes halogenated alkanes) is 2. The molecule has 0 radical (unpaired) electrons. The molecule has 0 fully saturated rings. The van der Waals surface area contributed by atoms with Gasteiger partial charge in [0.2, 0.25) is 0 Å². The second kappa shape index (κ2) is 12.6. The lowest BCUT2D eigenvalue weighted by molar-refractivity contribution is 0.0986. The summed E-state index contributed by atoms with van der Waals surface area (Å²) in [7, 11) is 7.27. The maximum Gasteiger partial charge on any atom is 0.260 e. The lowest BCUT2D eigenvalue weighted by atomic mass is 10.2. The highest BCUT2D eigenvalue weighted by atomic mass is 32.1. The first kappa shape index (κ1) is 25.8. The van der Waals surface area contributed by atoms with Gasteiger partial charge in [-0.15, -0.1) is 0 Å². The standard InChI is InChI=1S/C26H35N3O4S/c1-6-7-8-16-33-20-12-10-19(11-13-20)25(30)29(15-9-14-28(2)3)26-27-21-17-22(31-4)23(32-5)18-24(21)34-26/h10-13,17-18H,6-9,14-16H2,1-5H3. The molecule has 1 heterocycles. The van der Waals surface area contributed by atoms with Crippen molar-refractivity contribution in [1.29, 1.82) is 0 Å². The molecule has 1 amide bonds. The Kier molecular flexibility index (Phi) is 9.53. The van der Waals surface area contributed by atoms with E-state index in [0.717, 1.165) is 48.2 Å². The quantitative estimate of drug-likeness (QED) is 0.299. The topological polar surface area (TPSA) is 64.1 Å². The number of anilines is 1. The Balaban J connectivity index is 1.84. The van der Waals surface area contributed by atoms with Gasteiger partial charge in [0.05, 0.1) is 31.0 Å². The summed E-state index contributed by atoms with van der Waals surface area (Å²) >= 11 is 1.47. The second-order valence-electron chi connectivity index (χ2n) is 8.36. The number of amides is 1. The van der Waals surface area contributed by atoms with E-state index in [1.54, 1.807) is 19.1 Å². The molecule has 34 heavy (non-hydrogen) atoms. The van der Waals surface area contributed by atoms with Crippen molar-refractivity contribution in [3.8, 4) is 17.2 Å². The van der Waals surface area contributed by atoms with E-state index in [1.807, 2.05) is 50.5 Å². The number of methoxy groups -OCH3 is 2. The number of nitrogens with zero attached hydrogens (tertiary/aromatic N) is 3. The van der Waals surface area contributed by atoms with E-state index in [1.165, 1.54) is 11.3 Å². The monoisotopic (exact) mass is 485 g/mol. The SMILES string of the molecule is CCCCCOc1ccc(C(=O)N(CCCN(C)C)c2nc3cc(OC)c(OC)cc3s2)cc1. The zero-order valence-electron chi connectivity index (χ0n) is 20.8. The van der Waals surface area contributed by atoms with Crippen LogP contribution < -0.4 is 19.1 Å². The summed E-state index contributed by atoms with van der Waals surface area (Å²) in [5, 5.41) is 0.661. The Labute approximate surface area is 206 Å². The van der Waals surface area contributed by atoms with Gasteiger partial charge in [0.15, 0.2) is 16.6 Å². The van der Waals surface area contributed by atoms with E-state index in [0.29, 0.717) is 35.3 Å². The number of aromatic nitrogens is 1. The lowest BCUT2D eigenvalue weighted by Crippen LogP contribution is -2.33. The molecule has 3 rings (SSSR count). The minimum atomic E-state index is -0.0747. The molecule has 1 aromatic heterocycles. The van der Waals surface area contributed by atoms with Crippen LogP contribution in [0.4, 0.5) is 5.13 Å². The fraction of sp³-hybridized carbons (Fsp3) is 0.462. The number of carbonyl (C=O) groups excluding carboxylic acids is 1.